The van der Waals surface area contributed by atoms with Gasteiger partial charge < -0.3 is 20.8 Å². The summed E-state index contributed by atoms with van der Waals surface area (Å²) in [5, 5.41) is 6.02. The number of fused-ring (bicyclic) bond motifs is 1. The highest BCUT2D eigenvalue weighted by Gasteiger charge is 2.21. The lowest BCUT2D eigenvalue weighted by Gasteiger charge is -2.09. The molecule has 0 fully saturated rings. The summed E-state index contributed by atoms with van der Waals surface area (Å²) in [7, 11) is 0. The van der Waals surface area contributed by atoms with Gasteiger partial charge in [0.2, 0.25) is 5.76 Å². The first-order chi connectivity index (χ1) is 14.9. The third-order valence-electron chi connectivity index (χ3n) is 4.53. The van der Waals surface area contributed by atoms with Crippen molar-refractivity contribution in [1.29, 1.82) is 0 Å². The molecule has 8 heteroatoms. The summed E-state index contributed by atoms with van der Waals surface area (Å²) in [4.78, 5) is 37.1. The van der Waals surface area contributed by atoms with Crippen molar-refractivity contribution in [3.05, 3.63) is 94.2 Å². The topological polar surface area (TPSA) is 114 Å². The fourth-order valence-electron chi connectivity index (χ4n) is 3.10. The van der Waals surface area contributed by atoms with Crippen LogP contribution in [0.2, 0.25) is 0 Å². The highest BCUT2D eigenvalue weighted by Crippen LogP contribution is 2.31. The predicted molar refractivity (Wildman–Crippen MR) is 121 cm³/mol. The third-order valence-corrected chi connectivity index (χ3v) is 5.02. The molecular weight excluding hydrogens is 462 g/mol. The molecule has 4 N–H and O–H groups in total. The Labute approximate surface area is 185 Å². The van der Waals surface area contributed by atoms with Crippen molar-refractivity contribution in [2.75, 3.05) is 10.6 Å². The second kappa shape index (κ2) is 8.45. The number of furan rings is 1. The van der Waals surface area contributed by atoms with E-state index in [1.807, 2.05) is 6.07 Å². The molecule has 31 heavy (non-hydrogen) atoms. The van der Waals surface area contributed by atoms with E-state index in [9.17, 15) is 14.4 Å². The molecule has 0 spiro atoms. The fourth-order valence-corrected chi connectivity index (χ4v) is 3.50. The summed E-state index contributed by atoms with van der Waals surface area (Å²) in [5.74, 6) is -1.71. The van der Waals surface area contributed by atoms with Crippen LogP contribution in [-0.2, 0) is 0 Å². The Morgan fingerprint density at radius 2 is 1.48 bits per heavy atom. The Balaban J connectivity index is 1.58. The van der Waals surface area contributed by atoms with Gasteiger partial charge in [0.05, 0.1) is 0 Å². The van der Waals surface area contributed by atoms with Gasteiger partial charge in [0.25, 0.3) is 17.7 Å². The van der Waals surface area contributed by atoms with Gasteiger partial charge in [0.1, 0.15) is 11.3 Å². The highest BCUT2D eigenvalue weighted by atomic mass is 79.9. The second-order valence-corrected chi connectivity index (χ2v) is 7.58. The molecule has 3 amide bonds. The molecule has 0 radical (unpaired) electrons. The van der Waals surface area contributed by atoms with E-state index in [2.05, 4.69) is 26.6 Å². The van der Waals surface area contributed by atoms with Crippen molar-refractivity contribution in [2.45, 2.75) is 0 Å². The number of hydrogen-bond acceptors (Lipinski definition) is 4. The third kappa shape index (κ3) is 4.34. The maximum atomic E-state index is 12.9. The van der Waals surface area contributed by atoms with Crippen LogP contribution in [0.5, 0.6) is 0 Å². The van der Waals surface area contributed by atoms with Crippen LogP contribution in [0.3, 0.4) is 0 Å². The summed E-state index contributed by atoms with van der Waals surface area (Å²) < 4.78 is 6.27. The minimum atomic E-state index is -0.790. The van der Waals surface area contributed by atoms with E-state index in [0.29, 0.717) is 22.2 Å². The number of para-hydroxylation sites is 1. The molecule has 0 atom stereocenters. The van der Waals surface area contributed by atoms with Crippen molar-refractivity contribution in [1.82, 2.24) is 0 Å². The summed E-state index contributed by atoms with van der Waals surface area (Å²) in [6, 6.07) is 20.3. The zero-order chi connectivity index (χ0) is 22.0. The number of anilines is 2. The number of halogens is 1. The zero-order valence-electron chi connectivity index (χ0n) is 16.0. The molecule has 0 aliphatic carbocycles. The maximum Gasteiger partial charge on any atom is 0.286 e. The number of carbonyl (C=O) groups excluding carboxylic acids is 3. The maximum absolute atomic E-state index is 12.9. The Hall–Kier alpha value is -3.91. The first-order valence-corrected chi connectivity index (χ1v) is 10.0. The normalized spacial score (nSPS) is 10.6. The van der Waals surface area contributed by atoms with Crippen molar-refractivity contribution >= 4 is 56.0 Å². The smallest absolute Gasteiger partial charge is 0.286 e. The summed E-state index contributed by atoms with van der Waals surface area (Å²) >= 11 is 3.33. The molecule has 7 nitrogen and oxygen atoms in total. The minimum absolute atomic E-state index is 0.131. The number of hydrogen-bond donors (Lipinski definition) is 3. The lowest BCUT2D eigenvalue weighted by molar-refractivity contribution is 0.0975. The van der Waals surface area contributed by atoms with Crippen LogP contribution >= 0.6 is 15.9 Å². The van der Waals surface area contributed by atoms with Gasteiger partial charge in [-0.2, -0.15) is 0 Å². The minimum Gasteiger partial charge on any atom is -0.449 e. The van der Waals surface area contributed by atoms with E-state index >= 15 is 0 Å². The number of carbonyl (C=O) groups is 3. The standard InChI is InChI=1S/C23H16BrN3O4/c24-15-7-3-5-13(11-15)22(29)26-16-8-4-6-14(12-16)23(30)27-19-17-9-1-2-10-18(17)31-20(19)21(25)28/h1-12H,(H2,25,28)(H,26,29)(H,27,30). The van der Waals surface area contributed by atoms with Crippen LogP contribution in [0, 0.1) is 0 Å². The predicted octanol–water partition coefficient (Wildman–Crippen LogP) is 4.80. The molecule has 1 heterocycles. The van der Waals surface area contributed by atoms with Crippen LogP contribution < -0.4 is 16.4 Å². The Morgan fingerprint density at radius 1 is 0.806 bits per heavy atom. The number of benzene rings is 3. The lowest BCUT2D eigenvalue weighted by Crippen LogP contribution is -2.17. The molecule has 3 aromatic carbocycles. The average molecular weight is 478 g/mol. The van der Waals surface area contributed by atoms with E-state index in [-0.39, 0.29) is 22.9 Å². The van der Waals surface area contributed by atoms with E-state index in [1.165, 1.54) is 6.07 Å². The lowest BCUT2D eigenvalue weighted by atomic mass is 10.1. The van der Waals surface area contributed by atoms with Gasteiger partial charge in [-0.05, 0) is 48.5 Å². The number of primary amides is 1. The van der Waals surface area contributed by atoms with E-state index < -0.39 is 11.8 Å². The molecule has 0 aliphatic heterocycles. The first kappa shape index (κ1) is 20.4. The molecule has 4 rings (SSSR count). The fraction of sp³-hybridized carbons (Fsp3) is 0. The molecule has 1 aromatic heterocycles. The van der Waals surface area contributed by atoms with Crippen LogP contribution in [0.25, 0.3) is 11.0 Å². The van der Waals surface area contributed by atoms with E-state index in [1.54, 1.807) is 60.7 Å². The van der Waals surface area contributed by atoms with E-state index in [0.717, 1.165) is 4.47 Å². The Kier molecular flexibility index (Phi) is 5.55. The van der Waals surface area contributed by atoms with Gasteiger partial charge in [0.15, 0.2) is 0 Å². The van der Waals surface area contributed by atoms with Gasteiger partial charge in [-0.15, -0.1) is 0 Å². The summed E-state index contributed by atoms with van der Waals surface area (Å²) in [5.41, 5.74) is 7.25. The quantitative estimate of drug-likeness (QED) is 0.382. The Morgan fingerprint density at radius 3 is 2.23 bits per heavy atom. The largest absolute Gasteiger partial charge is 0.449 e. The molecule has 0 unspecified atom stereocenters. The van der Waals surface area contributed by atoms with Crippen LogP contribution in [0.1, 0.15) is 31.3 Å². The highest BCUT2D eigenvalue weighted by molar-refractivity contribution is 9.10. The second-order valence-electron chi connectivity index (χ2n) is 6.67. The van der Waals surface area contributed by atoms with Crippen molar-refractivity contribution in [2.24, 2.45) is 5.73 Å². The summed E-state index contributed by atoms with van der Waals surface area (Å²) in [6.07, 6.45) is 0. The number of nitrogens with two attached hydrogens (primary N) is 1. The first-order valence-electron chi connectivity index (χ1n) is 9.22. The molecule has 0 aliphatic rings. The monoisotopic (exact) mass is 477 g/mol. The van der Waals surface area contributed by atoms with Crippen LogP contribution in [0.15, 0.2) is 81.7 Å². The summed E-state index contributed by atoms with van der Waals surface area (Å²) in [6.45, 7) is 0. The average Bonchev–Trinajstić information content (AvgIpc) is 3.13. The Bertz CT molecular complexity index is 1330. The van der Waals surface area contributed by atoms with Gasteiger partial charge in [0, 0.05) is 26.7 Å². The van der Waals surface area contributed by atoms with Crippen molar-refractivity contribution in [3.63, 3.8) is 0 Å². The molecule has 154 valence electrons. The van der Waals surface area contributed by atoms with Crippen molar-refractivity contribution in [3.8, 4) is 0 Å². The SMILES string of the molecule is NC(=O)c1oc2ccccc2c1NC(=O)c1cccc(NC(=O)c2cccc(Br)c2)c1. The van der Waals surface area contributed by atoms with Crippen LogP contribution in [-0.4, -0.2) is 17.7 Å². The molecular formula is C23H16BrN3O4. The van der Waals surface area contributed by atoms with Gasteiger partial charge in [-0.25, -0.2) is 0 Å². The number of amides is 3. The van der Waals surface area contributed by atoms with Gasteiger partial charge in [-0.3, -0.25) is 14.4 Å². The number of nitrogens with one attached hydrogen (secondary N) is 2. The van der Waals surface area contributed by atoms with Gasteiger partial charge >= 0.3 is 0 Å². The number of rotatable bonds is 5. The molecule has 0 saturated carbocycles. The molecule has 4 aromatic rings. The van der Waals surface area contributed by atoms with Gasteiger partial charge in [-0.1, -0.05) is 40.2 Å². The van der Waals surface area contributed by atoms with Crippen LogP contribution in [0.4, 0.5) is 11.4 Å². The molecule has 0 saturated heterocycles. The van der Waals surface area contributed by atoms with E-state index in [4.69, 9.17) is 10.2 Å². The van der Waals surface area contributed by atoms with Crippen molar-refractivity contribution < 1.29 is 18.8 Å². The molecule has 0 bridgehead atoms. The zero-order valence-corrected chi connectivity index (χ0v) is 17.6.